The molecule has 2 fully saturated rings. The van der Waals surface area contributed by atoms with E-state index in [2.05, 4.69) is 6.07 Å². The molecule has 0 aromatic heterocycles. The summed E-state index contributed by atoms with van der Waals surface area (Å²) < 4.78 is 0. The summed E-state index contributed by atoms with van der Waals surface area (Å²) in [5.41, 5.74) is 0.603. The van der Waals surface area contributed by atoms with Crippen molar-refractivity contribution in [1.29, 1.82) is 5.26 Å². The molecular formula is C18H22N3O2+. The van der Waals surface area contributed by atoms with E-state index >= 15 is 0 Å². The molecule has 5 nitrogen and oxygen atoms in total. The zero-order chi connectivity index (χ0) is 16.4. The van der Waals surface area contributed by atoms with E-state index in [1.165, 1.54) is 4.90 Å². The van der Waals surface area contributed by atoms with Gasteiger partial charge in [0.05, 0.1) is 31.0 Å². The second-order valence-corrected chi connectivity index (χ2v) is 6.45. The molecular weight excluding hydrogens is 290 g/mol. The minimum atomic E-state index is -0.457. The number of rotatable bonds is 3. The third-order valence-electron chi connectivity index (χ3n) is 5.34. The molecule has 120 valence electrons. The summed E-state index contributed by atoms with van der Waals surface area (Å²) in [6.07, 6.45) is 1.77. The highest BCUT2D eigenvalue weighted by Gasteiger charge is 2.47. The molecule has 0 aliphatic carbocycles. The number of amides is 2. The van der Waals surface area contributed by atoms with Crippen LogP contribution < -0.4 is 4.90 Å². The summed E-state index contributed by atoms with van der Waals surface area (Å²) in [5.74, 6) is -0.105. The molecule has 1 atom stereocenters. The number of piperidine rings is 1. The first kappa shape index (κ1) is 15.7. The Kier molecular flexibility index (Phi) is 4.18. The van der Waals surface area contributed by atoms with E-state index in [4.69, 9.17) is 0 Å². The third kappa shape index (κ3) is 2.64. The number of carbonyl (C=O) groups excluding carboxylic acids is 2. The smallest absolute Gasteiger partial charge is 0.287 e. The fraction of sp³-hybridized carbons (Fsp3) is 0.500. The number of nitriles is 1. The minimum Gasteiger partial charge on any atom is -0.324 e. The van der Waals surface area contributed by atoms with E-state index in [1.807, 2.05) is 37.3 Å². The van der Waals surface area contributed by atoms with Crippen molar-refractivity contribution in [2.24, 2.45) is 0 Å². The number of nitrogens with one attached hydrogen (secondary N) is 1. The van der Waals surface area contributed by atoms with Gasteiger partial charge in [0.2, 0.25) is 5.91 Å². The fourth-order valence-electron chi connectivity index (χ4n) is 3.90. The van der Waals surface area contributed by atoms with Crippen LogP contribution >= 0.6 is 0 Å². The normalized spacial score (nSPS) is 31.2. The largest absolute Gasteiger partial charge is 0.324 e. The Bertz CT molecular complexity index is 642. The van der Waals surface area contributed by atoms with Crippen LogP contribution in [0.1, 0.15) is 31.7 Å². The number of hydrogen-bond acceptors (Lipinski definition) is 3. The topological polar surface area (TPSA) is 65.6 Å². The Labute approximate surface area is 136 Å². The summed E-state index contributed by atoms with van der Waals surface area (Å²) >= 11 is 0. The lowest BCUT2D eigenvalue weighted by Gasteiger charge is -2.37. The van der Waals surface area contributed by atoms with Gasteiger partial charge in [0.25, 0.3) is 5.91 Å². The minimum absolute atomic E-state index is 0.0448. The van der Waals surface area contributed by atoms with E-state index in [1.54, 1.807) is 0 Å². The Morgan fingerprint density at radius 3 is 2.43 bits per heavy atom. The van der Waals surface area contributed by atoms with Crippen LogP contribution in [0.25, 0.3) is 0 Å². The van der Waals surface area contributed by atoms with Crippen LogP contribution in [0, 0.1) is 11.3 Å². The summed E-state index contributed by atoms with van der Waals surface area (Å²) in [5, 5.41) is 9.73. The summed E-state index contributed by atoms with van der Waals surface area (Å²) in [4.78, 5) is 26.8. The number of carbonyl (C=O) groups is 2. The molecule has 2 aliphatic rings. The van der Waals surface area contributed by atoms with E-state index < -0.39 is 5.41 Å². The molecule has 0 bridgehead atoms. The Morgan fingerprint density at radius 1 is 1.26 bits per heavy atom. The van der Waals surface area contributed by atoms with Crippen LogP contribution in [0.4, 0.5) is 0 Å². The monoisotopic (exact) mass is 312 g/mol. The van der Waals surface area contributed by atoms with Crippen LogP contribution in [-0.2, 0) is 15.0 Å². The molecule has 2 amide bonds. The number of hydrogen-bond donors (Lipinski definition) is 1. The molecule has 1 N–H and O–H groups in total. The Balaban J connectivity index is 1.73. The lowest BCUT2D eigenvalue weighted by atomic mass is 9.74. The summed E-state index contributed by atoms with van der Waals surface area (Å²) in [7, 11) is 0. The van der Waals surface area contributed by atoms with E-state index in [9.17, 15) is 14.9 Å². The first-order valence-corrected chi connectivity index (χ1v) is 8.27. The molecule has 0 saturated carbocycles. The lowest BCUT2D eigenvalue weighted by Crippen LogP contribution is -3.18. The fourth-order valence-corrected chi connectivity index (χ4v) is 3.90. The van der Waals surface area contributed by atoms with Gasteiger partial charge in [-0.3, -0.25) is 14.5 Å². The standard InChI is InChI=1S/C18H21N3O2/c1-2-21-16(22)12-15(17(21)23)20-10-8-18(13-19,9-11-20)14-6-4-3-5-7-14/h3-7,15H,2,8-12H2,1H3/p+1/t15-/m1/s1. The van der Waals surface area contributed by atoms with Crippen molar-refractivity contribution in [3.05, 3.63) is 35.9 Å². The van der Waals surface area contributed by atoms with Gasteiger partial charge in [0.15, 0.2) is 6.04 Å². The van der Waals surface area contributed by atoms with Crippen molar-refractivity contribution in [1.82, 2.24) is 4.90 Å². The molecule has 2 saturated heterocycles. The molecule has 23 heavy (non-hydrogen) atoms. The predicted octanol–water partition coefficient (Wildman–Crippen LogP) is 0.274. The molecule has 1 aromatic rings. The molecule has 3 rings (SSSR count). The predicted molar refractivity (Wildman–Crippen MR) is 84.5 cm³/mol. The molecule has 0 unspecified atom stereocenters. The molecule has 0 radical (unpaired) electrons. The van der Waals surface area contributed by atoms with E-state index in [0.717, 1.165) is 36.4 Å². The number of imide groups is 1. The summed E-state index contributed by atoms with van der Waals surface area (Å²) in [6, 6.07) is 12.2. The zero-order valence-electron chi connectivity index (χ0n) is 13.4. The second-order valence-electron chi connectivity index (χ2n) is 6.45. The van der Waals surface area contributed by atoms with Crippen molar-refractivity contribution < 1.29 is 14.5 Å². The first-order valence-electron chi connectivity index (χ1n) is 8.27. The van der Waals surface area contributed by atoms with Crippen molar-refractivity contribution in [2.45, 2.75) is 37.6 Å². The van der Waals surface area contributed by atoms with Crippen LogP contribution in [-0.4, -0.2) is 42.4 Å². The first-order chi connectivity index (χ1) is 11.1. The molecule has 2 aliphatic heterocycles. The van der Waals surface area contributed by atoms with Gasteiger partial charge < -0.3 is 4.90 Å². The molecule has 1 aromatic carbocycles. The van der Waals surface area contributed by atoms with Gasteiger partial charge in [-0.05, 0) is 12.5 Å². The van der Waals surface area contributed by atoms with Crippen LogP contribution in [0.2, 0.25) is 0 Å². The van der Waals surface area contributed by atoms with Crippen molar-refractivity contribution >= 4 is 11.8 Å². The molecule has 2 heterocycles. The van der Waals surface area contributed by atoms with Gasteiger partial charge in [-0.1, -0.05) is 30.3 Å². The maximum Gasteiger partial charge on any atom is 0.287 e. The van der Waals surface area contributed by atoms with Crippen LogP contribution in [0.3, 0.4) is 0 Å². The van der Waals surface area contributed by atoms with Crippen molar-refractivity contribution in [3.8, 4) is 6.07 Å². The average Bonchev–Trinajstić information content (AvgIpc) is 2.89. The molecule has 0 spiro atoms. The zero-order valence-corrected chi connectivity index (χ0v) is 13.4. The molecule has 5 heteroatoms. The quantitative estimate of drug-likeness (QED) is 0.815. The maximum atomic E-state index is 12.4. The Hall–Kier alpha value is -2.19. The number of quaternary nitrogens is 1. The van der Waals surface area contributed by atoms with E-state index in [0.29, 0.717) is 13.0 Å². The van der Waals surface area contributed by atoms with E-state index in [-0.39, 0.29) is 17.9 Å². The highest BCUT2D eigenvalue weighted by atomic mass is 16.2. The van der Waals surface area contributed by atoms with Gasteiger partial charge in [-0.15, -0.1) is 0 Å². The Morgan fingerprint density at radius 2 is 1.91 bits per heavy atom. The number of benzene rings is 1. The van der Waals surface area contributed by atoms with Gasteiger partial charge in [-0.2, -0.15) is 5.26 Å². The third-order valence-corrected chi connectivity index (χ3v) is 5.34. The van der Waals surface area contributed by atoms with Crippen molar-refractivity contribution in [3.63, 3.8) is 0 Å². The van der Waals surface area contributed by atoms with Crippen LogP contribution in [0.5, 0.6) is 0 Å². The average molecular weight is 312 g/mol. The summed E-state index contributed by atoms with van der Waals surface area (Å²) in [6.45, 7) is 3.79. The highest BCUT2D eigenvalue weighted by Crippen LogP contribution is 2.31. The maximum absolute atomic E-state index is 12.4. The van der Waals surface area contributed by atoms with Crippen LogP contribution in [0.15, 0.2) is 30.3 Å². The van der Waals surface area contributed by atoms with Gasteiger partial charge in [0, 0.05) is 19.4 Å². The number of nitrogens with zero attached hydrogens (tertiary/aromatic N) is 2. The van der Waals surface area contributed by atoms with Crippen molar-refractivity contribution in [2.75, 3.05) is 19.6 Å². The second kappa shape index (κ2) is 6.13. The van der Waals surface area contributed by atoms with Gasteiger partial charge in [-0.25, -0.2) is 0 Å². The van der Waals surface area contributed by atoms with Gasteiger partial charge >= 0.3 is 0 Å². The lowest BCUT2D eigenvalue weighted by molar-refractivity contribution is -0.921. The SMILES string of the molecule is CCN1C(=O)C[C@@H]([NH+]2CCC(C#N)(c3ccccc3)CC2)C1=O. The number of likely N-dealkylation sites (N-methyl/N-ethyl adjacent to an activating group) is 1. The van der Waals surface area contributed by atoms with Gasteiger partial charge in [0.1, 0.15) is 0 Å². The number of likely N-dealkylation sites (tertiary alicyclic amines) is 2. The highest BCUT2D eigenvalue weighted by molar-refractivity contribution is 6.04.